The lowest BCUT2D eigenvalue weighted by Gasteiger charge is -2.29. The van der Waals surface area contributed by atoms with E-state index in [4.69, 9.17) is 9.47 Å². The van der Waals surface area contributed by atoms with Gasteiger partial charge in [0.25, 0.3) is 11.8 Å². The minimum absolute atomic E-state index is 0.261. The summed E-state index contributed by atoms with van der Waals surface area (Å²) in [7, 11) is 1.43. The molecule has 0 spiro atoms. The predicted molar refractivity (Wildman–Crippen MR) is 109 cm³/mol. The van der Waals surface area contributed by atoms with E-state index in [1.54, 1.807) is 24.3 Å². The molecule has 2 aromatic rings. The first-order valence-electron chi connectivity index (χ1n) is 9.76. The Bertz CT molecular complexity index is 867. The average Bonchev–Trinajstić information content (AvgIpc) is 3.00. The Balaban J connectivity index is 1.64. The maximum Gasteiger partial charge on any atom is 0.262 e. The second-order valence-electron chi connectivity index (χ2n) is 7.06. The molecule has 8 nitrogen and oxygen atoms in total. The van der Waals surface area contributed by atoms with Crippen LogP contribution in [0.2, 0.25) is 0 Å². The number of carbonyl (C=O) groups is 2. The molecule has 0 saturated heterocycles. The van der Waals surface area contributed by atoms with Gasteiger partial charge in [0.05, 0.1) is 23.8 Å². The van der Waals surface area contributed by atoms with Crippen molar-refractivity contribution in [3.63, 3.8) is 0 Å². The van der Waals surface area contributed by atoms with Crippen LogP contribution >= 0.6 is 0 Å². The van der Waals surface area contributed by atoms with Gasteiger partial charge in [-0.15, -0.1) is 0 Å². The van der Waals surface area contributed by atoms with Gasteiger partial charge in [0.1, 0.15) is 6.04 Å². The number of fused-ring (bicyclic) bond motifs is 1. The van der Waals surface area contributed by atoms with Gasteiger partial charge in [-0.25, -0.2) is 0 Å². The van der Waals surface area contributed by atoms with E-state index in [-0.39, 0.29) is 11.1 Å². The number of carbonyl (C=O) groups excluding carboxylic acids is 2. The van der Waals surface area contributed by atoms with Gasteiger partial charge in [-0.3, -0.25) is 24.6 Å². The molecule has 1 heterocycles. The normalized spacial score (nSPS) is 15.2. The van der Waals surface area contributed by atoms with Crippen molar-refractivity contribution in [3.8, 4) is 0 Å². The van der Waals surface area contributed by atoms with Crippen LogP contribution in [0.4, 0.5) is 0 Å². The zero-order valence-electron chi connectivity index (χ0n) is 16.7. The molecule has 8 heteroatoms. The fraction of sp³-hybridized carbons (Fsp3) is 0.364. The number of amides is 2. The van der Waals surface area contributed by atoms with Gasteiger partial charge in [-0.05, 0) is 30.5 Å². The fourth-order valence-electron chi connectivity index (χ4n) is 3.65. The highest BCUT2D eigenvalue weighted by Crippen LogP contribution is 2.27. The number of nitrogens with zero attached hydrogens (tertiary/aromatic N) is 2. The van der Waals surface area contributed by atoms with Gasteiger partial charge in [0.2, 0.25) is 6.54 Å². The molecule has 0 N–H and O–H groups in total. The highest BCUT2D eigenvalue weighted by molar-refractivity contribution is 6.21. The molecule has 0 fully saturated rings. The van der Waals surface area contributed by atoms with Crippen molar-refractivity contribution < 1.29 is 24.0 Å². The summed E-state index contributed by atoms with van der Waals surface area (Å²) in [6.07, 6.45) is 0.317. The summed E-state index contributed by atoms with van der Waals surface area (Å²) >= 11 is 0. The summed E-state index contributed by atoms with van der Waals surface area (Å²) in [6, 6.07) is 15.2. The van der Waals surface area contributed by atoms with Crippen molar-refractivity contribution in [2.75, 3.05) is 20.3 Å². The Morgan fingerprint density at radius 1 is 1.00 bits per heavy atom. The summed E-state index contributed by atoms with van der Waals surface area (Å²) in [5.41, 5.74) is 1.58. The first-order valence-corrected chi connectivity index (χ1v) is 9.76. The topological polar surface area (TPSA) is 99.0 Å². The number of hydrogen-bond acceptors (Lipinski definition) is 6. The lowest BCUT2D eigenvalue weighted by atomic mass is 10.0. The Kier molecular flexibility index (Phi) is 7.26. The Morgan fingerprint density at radius 2 is 1.60 bits per heavy atom. The molecule has 0 saturated carbocycles. The number of hydrogen-bond donors (Lipinski definition) is 0. The summed E-state index contributed by atoms with van der Waals surface area (Å²) in [5.74, 6) is -1.05. The number of ether oxygens (including phenoxy) is 2. The van der Waals surface area contributed by atoms with E-state index in [2.05, 4.69) is 0 Å². The maximum absolute atomic E-state index is 12.8. The molecule has 2 amide bonds. The lowest BCUT2D eigenvalue weighted by molar-refractivity contribution is -0.487. The quantitative estimate of drug-likeness (QED) is 0.244. The average molecular weight is 412 g/mol. The van der Waals surface area contributed by atoms with Crippen LogP contribution in [0.1, 0.15) is 39.1 Å². The van der Waals surface area contributed by atoms with Crippen molar-refractivity contribution in [1.29, 1.82) is 0 Å². The highest BCUT2D eigenvalue weighted by Gasteiger charge is 2.44. The van der Waals surface area contributed by atoms with Gasteiger partial charge >= 0.3 is 0 Å². The van der Waals surface area contributed by atoms with Crippen molar-refractivity contribution in [2.45, 2.75) is 31.6 Å². The molecule has 158 valence electrons. The monoisotopic (exact) mass is 412 g/mol. The predicted octanol–water partition coefficient (Wildman–Crippen LogP) is 2.94. The van der Waals surface area contributed by atoms with Crippen molar-refractivity contribution >= 4 is 11.8 Å². The van der Waals surface area contributed by atoms with Crippen LogP contribution in [0.15, 0.2) is 54.6 Å². The van der Waals surface area contributed by atoms with E-state index < -0.39 is 35.4 Å². The smallest absolute Gasteiger partial charge is 0.262 e. The van der Waals surface area contributed by atoms with E-state index in [0.717, 1.165) is 10.5 Å². The fourth-order valence-corrected chi connectivity index (χ4v) is 3.65. The molecular weight excluding hydrogens is 388 g/mol. The van der Waals surface area contributed by atoms with Crippen LogP contribution < -0.4 is 0 Å². The number of rotatable bonds is 11. The Labute approximate surface area is 174 Å². The molecule has 2 aromatic carbocycles. The van der Waals surface area contributed by atoms with Crippen LogP contribution in [0.3, 0.4) is 0 Å². The number of benzene rings is 2. The summed E-state index contributed by atoms with van der Waals surface area (Å²) in [6.45, 7) is 0.326. The van der Waals surface area contributed by atoms with Gasteiger partial charge in [-0.1, -0.05) is 42.5 Å². The maximum atomic E-state index is 12.8. The lowest BCUT2D eigenvalue weighted by Crippen LogP contribution is -2.51. The van der Waals surface area contributed by atoms with Crippen LogP contribution in [-0.2, 0) is 16.1 Å². The van der Waals surface area contributed by atoms with Crippen molar-refractivity contribution in [2.24, 2.45) is 0 Å². The molecule has 30 heavy (non-hydrogen) atoms. The third-order valence-electron chi connectivity index (χ3n) is 5.11. The molecule has 1 aliphatic rings. The van der Waals surface area contributed by atoms with E-state index in [1.165, 1.54) is 7.11 Å². The summed E-state index contributed by atoms with van der Waals surface area (Å²) in [4.78, 5) is 37.3. The first kappa shape index (κ1) is 21.6. The number of nitro groups is 1. The molecular formula is C22H24N2O6. The SMILES string of the molecule is CO[C@@H](CCCOCc1ccccc1)[C@@H](C[N+](=O)[O-])N1C(=O)c2ccccc2C1=O. The summed E-state index contributed by atoms with van der Waals surface area (Å²) in [5, 5.41) is 11.3. The molecule has 3 rings (SSSR count). The van der Waals surface area contributed by atoms with Crippen LogP contribution in [0.25, 0.3) is 0 Å². The Morgan fingerprint density at radius 3 is 2.17 bits per heavy atom. The van der Waals surface area contributed by atoms with E-state index in [1.807, 2.05) is 30.3 Å². The third-order valence-corrected chi connectivity index (χ3v) is 5.11. The molecule has 1 aliphatic heterocycles. The molecule has 0 aromatic heterocycles. The zero-order chi connectivity index (χ0) is 21.5. The molecule has 0 bridgehead atoms. The second-order valence-corrected chi connectivity index (χ2v) is 7.06. The van der Waals surface area contributed by atoms with Crippen LogP contribution in [-0.4, -0.2) is 54.0 Å². The Hall–Kier alpha value is -3.10. The minimum Gasteiger partial charge on any atom is -0.379 e. The van der Waals surface area contributed by atoms with Gasteiger partial charge in [-0.2, -0.15) is 0 Å². The number of methoxy groups -OCH3 is 1. The van der Waals surface area contributed by atoms with E-state index in [0.29, 0.717) is 26.1 Å². The van der Waals surface area contributed by atoms with E-state index in [9.17, 15) is 19.7 Å². The highest BCUT2D eigenvalue weighted by atomic mass is 16.6. The van der Waals surface area contributed by atoms with E-state index >= 15 is 0 Å². The third kappa shape index (κ3) is 4.90. The molecule has 0 aliphatic carbocycles. The first-order chi connectivity index (χ1) is 14.5. The largest absolute Gasteiger partial charge is 0.379 e. The molecule has 0 radical (unpaired) electrons. The van der Waals surface area contributed by atoms with Gasteiger partial charge in [0, 0.05) is 18.6 Å². The summed E-state index contributed by atoms with van der Waals surface area (Å²) < 4.78 is 11.1. The minimum atomic E-state index is -0.994. The standard InChI is InChI=1S/C22H24N2O6/c1-29-20(12-7-13-30-15-16-8-3-2-4-9-16)19(14-23(27)28)24-21(25)17-10-5-6-11-18(17)22(24)26/h2-6,8-11,19-20H,7,12-15H2,1H3/t19-,20+/m1/s1. The van der Waals surface area contributed by atoms with Crippen molar-refractivity contribution in [3.05, 3.63) is 81.4 Å². The van der Waals surface area contributed by atoms with Crippen LogP contribution in [0, 0.1) is 10.1 Å². The van der Waals surface area contributed by atoms with Gasteiger partial charge in [0.15, 0.2) is 0 Å². The van der Waals surface area contributed by atoms with Crippen LogP contribution in [0.5, 0.6) is 0 Å². The zero-order valence-corrected chi connectivity index (χ0v) is 16.7. The van der Waals surface area contributed by atoms with Crippen molar-refractivity contribution in [1.82, 2.24) is 4.90 Å². The van der Waals surface area contributed by atoms with Gasteiger partial charge < -0.3 is 9.47 Å². The number of imide groups is 1. The molecule has 0 unspecified atom stereocenters. The second kappa shape index (κ2) is 10.1. The molecule has 2 atom stereocenters.